The number of carbonyl (C=O) groups excluding carboxylic acids is 1. The molecule has 1 saturated heterocycles. The summed E-state index contributed by atoms with van der Waals surface area (Å²) in [4.78, 5) is 14.5. The van der Waals surface area contributed by atoms with Crippen molar-refractivity contribution in [1.82, 2.24) is 5.32 Å². The van der Waals surface area contributed by atoms with E-state index in [1.54, 1.807) is 0 Å². The van der Waals surface area contributed by atoms with E-state index in [0.717, 1.165) is 43.9 Å². The largest absolute Gasteiger partial charge is 0.377 e. The Morgan fingerprint density at radius 3 is 2.88 bits per heavy atom. The van der Waals surface area contributed by atoms with Gasteiger partial charge in [-0.3, -0.25) is 0 Å². The Morgan fingerprint density at radius 1 is 1.29 bits per heavy atom. The van der Waals surface area contributed by atoms with Crippen LogP contribution in [0.5, 0.6) is 0 Å². The first kappa shape index (κ1) is 17.1. The summed E-state index contributed by atoms with van der Waals surface area (Å²) < 4.78 is 5.29. The molecule has 130 valence electrons. The molecule has 3 rings (SSSR count). The number of rotatable bonds is 5. The van der Waals surface area contributed by atoms with E-state index in [9.17, 15) is 4.79 Å². The van der Waals surface area contributed by atoms with Gasteiger partial charge in [0.2, 0.25) is 0 Å². The number of halogens is 1. The average molecular weight is 350 g/mol. The van der Waals surface area contributed by atoms with Gasteiger partial charge in [-0.1, -0.05) is 23.3 Å². The van der Waals surface area contributed by atoms with Gasteiger partial charge in [0.05, 0.1) is 24.6 Å². The Labute approximate surface area is 148 Å². The summed E-state index contributed by atoms with van der Waals surface area (Å²) in [5.41, 5.74) is 3.16. The van der Waals surface area contributed by atoms with Crippen molar-refractivity contribution in [3.63, 3.8) is 0 Å². The molecule has 2 N–H and O–H groups in total. The predicted octanol–water partition coefficient (Wildman–Crippen LogP) is 3.80. The lowest BCUT2D eigenvalue weighted by Crippen LogP contribution is -2.31. The Hall–Kier alpha value is -1.72. The first-order valence-electron chi connectivity index (χ1n) is 8.57. The van der Waals surface area contributed by atoms with Crippen LogP contribution in [0, 0.1) is 0 Å². The molecular formula is C18H24ClN3O2. The molecule has 2 amide bonds. The Balaban J connectivity index is 1.55. The number of carbonyl (C=O) groups is 1. The number of anilines is 2. The van der Waals surface area contributed by atoms with Gasteiger partial charge in [-0.2, -0.15) is 0 Å². The fourth-order valence-corrected chi connectivity index (χ4v) is 3.31. The van der Waals surface area contributed by atoms with Crippen molar-refractivity contribution in [3.8, 4) is 0 Å². The van der Waals surface area contributed by atoms with Crippen molar-refractivity contribution >= 4 is 29.0 Å². The van der Waals surface area contributed by atoms with E-state index in [0.29, 0.717) is 18.2 Å². The van der Waals surface area contributed by atoms with Crippen molar-refractivity contribution in [2.24, 2.45) is 0 Å². The Kier molecular flexibility index (Phi) is 5.99. The molecule has 1 fully saturated rings. The second-order valence-corrected chi connectivity index (χ2v) is 6.61. The summed E-state index contributed by atoms with van der Waals surface area (Å²) in [5, 5.41) is 6.49. The number of nitrogens with zero attached hydrogens (tertiary/aromatic N) is 1. The third-order valence-electron chi connectivity index (χ3n) is 4.44. The number of hydrogen-bond donors (Lipinski definition) is 2. The average Bonchev–Trinajstić information content (AvgIpc) is 3.10. The second kappa shape index (κ2) is 8.40. The van der Waals surface area contributed by atoms with Gasteiger partial charge < -0.3 is 20.3 Å². The molecule has 2 heterocycles. The number of hydrogen-bond acceptors (Lipinski definition) is 3. The van der Waals surface area contributed by atoms with Gasteiger partial charge in [0.15, 0.2) is 0 Å². The maximum atomic E-state index is 12.2. The van der Waals surface area contributed by atoms with Crippen molar-refractivity contribution in [2.45, 2.75) is 25.7 Å². The monoisotopic (exact) mass is 349 g/mol. The molecular weight excluding hydrogens is 326 g/mol. The van der Waals surface area contributed by atoms with E-state index in [-0.39, 0.29) is 6.03 Å². The van der Waals surface area contributed by atoms with Crippen LogP contribution in [0.25, 0.3) is 0 Å². The maximum Gasteiger partial charge on any atom is 0.319 e. The van der Waals surface area contributed by atoms with E-state index in [1.807, 2.05) is 18.2 Å². The molecule has 0 bridgehead atoms. The van der Waals surface area contributed by atoms with Crippen LogP contribution in [0.3, 0.4) is 0 Å². The smallest absolute Gasteiger partial charge is 0.319 e. The number of urea groups is 1. The van der Waals surface area contributed by atoms with Gasteiger partial charge in [-0.05, 0) is 43.9 Å². The van der Waals surface area contributed by atoms with Crippen molar-refractivity contribution in [3.05, 3.63) is 34.9 Å². The molecule has 2 aliphatic heterocycles. The van der Waals surface area contributed by atoms with Crippen molar-refractivity contribution < 1.29 is 9.53 Å². The highest BCUT2D eigenvalue weighted by molar-refractivity contribution is 6.31. The zero-order valence-corrected chi connectivity index (χ0v) is 14.6. The number of benzene rings is 1. The van der Waals surface area contributed by atoms with E-state index >= 15 is 0 Å². The molecule has 5 nitrogen and oxygen atoms in total. The minimum atomic E-state index is -0.189. The quantitative estimate of drug-likeness (QED) is 0.795. The lowest BCUT2D eigenvalue weighted by atomic mass is 10.1. The van der Waals surface area contributed by atoms with Crippen LogP contribution in [-0.2, 0) is 4.74 Å². The molecule has 0 unspecified atom stereocenters. The van der Waals surface area contributed by atoms with Gasteiger partial charge >= 0.3 is 6.03 Å². The highest BCUT2D eigenvalue weighted by atomic mass is 35.5. The molecule has 0 aromatic heterocycles. The summed E-state index contributed by atoms with van der Waals surface area (Å²) in [5.74, 6) is 0. The molecule has 0 saturated carbocycles. The Morgan fingerprint density at radius 2 is 2.12 bits per heavy atom. The van der Waals surface area contributed by atoms with Gasteiger partial charge in [0.25, 0.3) is 0 Å². The van der Waals surface area contributed by atoms with E-state index in [2.05, 4.69) is 21.6 Å². The lowest BCUT2D eigenvalue weighted by Gasteiger charge is -2.22. The molecule has 0 aliphatic carbocycles. The molecule has 0 spiro atoms. The van der Waals surface area contributed by atoms with Crippen LogP contribution in [0.4, 0.5) is 16.2 Å². The summed E-state index contributed by atoms with van der Waals surface area (Å²) in [6, 6.07) is 5.48. The zero-order valence-electron chi connectivity index (χ0n) is 13.8. The number of ether oxygens (including phenoxy) is 1. The molecule has 6 heteroatoms. The van der Waals surface area contributed by atoms with Gasteiger partial charge in [0.1, 0.15) is 0 Å². The van der Waals surface area contributed by atoms with Crippen molar-refractivity contribution in [2.75, 3.05) is 43.1 Å². The Bertz CT molecular complexity index is 612. The van der Waals surface area contributed by atoms with Crippen LogP contribution < -0.4 is 15.5 Å². The standard InChI is InChI=1S/C18H24ClN3O2/c19-15-3-4-17(22-9-1-2-10-22)16(13-15)21-18(23)20-8-5-14-6-11-24-12-7-14/h3-4,6,13H,1-2,5,7-12H2,(H2,20,21,23). The normalized spacial score (nSPS) is 17.5. The number of amides is 2. The summed E-state index contributed by atoms with van der Waals surface area (Å²) in [7, 11) is 0. The molecule has 0 atom stereocenters. The van der Waals surface area contributed by atoms with Crippen LogP contribution >= 0.6 is 11.6 Å². The zero-order chi connectivity index (χ0) is 16.8. The van der Waals surface area contributed by atoms with Gasteiger partial charge in [-0.25, -0.2) is 4.79 Å². The fraction of sp³-hybridized carbons (Fsp3) is 0.500. The molecule has 0 radical (unpaired) electrons. The maximum absolute atomic E-state index is 12.2. The first-order valence-corrected chi connectivity index (χ1v) is 8.95. The van der Waals surface area contributed by atoms with E-state index in [1.165, 1.54) is 18.4 Å². The third-order valence-corrected chi connectivity index (χ3v) is 4.68. The summed E-state index contributed by atoms with van der Waals surface area (Å²) in [6.45, 7) is 4.13. The molecule has 24 heavy (non-hydrogen) atoms. The molecule has 1 aromatic rings. The summed E-state index contributed by atoms with van der Waals surface area (Å²) >= 11 is 6.10. The highest BCUT2D eigenvalue weighted by Gasteiger charge is 2.17. The third kappa shape index (κ3) is 4.65. The topological polar surface area (TPSA) is 53.6 Å². The first-order chi connectivity index (χ1) is 11.7. The van der Waals surface area contributed by atoms with Crippen LogP contribution in [0.1, 0.15) is 25.7 Å². The van der Waals surface area contributed by atoms with E-state index in [4.69, 9.17) is 16.3 Å². The number of nitrogens with one attached hydrogen (secondary N) is 2. The molecule has 2 aliphatic rings. The minimum Gasteiger partial charge on any atom is -0.377 e. The predicted molar refractivity (Wildman–Crippen MR) is 98.1 cm³/mol. The van der Waals surface area contributed by atoms with Crippen LogP contribution in [-0.4, -0.2) is 38.9 Å². The fourth-order valence-electron chi connectivity index (χ4n) is 3.14. The summed E-state index contributed by atoms with van der Waals surface area (Å²) in [6.07, 6.45) is 6.30. The highest BCUT2D eigenvalue weighted by Crippen LogP contribution is 2.31. The second-order valence-electron chi connectivity index (χ2n) is 6.17. The lowest BCUT2D eigenvalue weighted by molar-refractivity contribution is 0.153. The minimum absolute atomic E-state index is 0.189. The SMILES string of the molecule is O=C(NCCC1=CCOCC1)Nc1cc(Cl)ccc1N1CCCC1. The van der Waals surface area contributed by atoms with Crippen LogP contribution in [0.15, 0.2) is 29.8 Å². The van der Waals surface area contributed by atoms with Crippen molar-refractivity contribution in [1.29, 1.82) is 0 Å². The van der Waals surface area contributed by atoms with Crippen LogP contribution in [0.2, 0.25) is 5.02 Å². The molecule has 1 aromatic carbocycles. The van der Waals surface area contributed by atoms with Gasteiger partial charge in [0, 0.05) is 24.7 Å². The van der Waals surface area contributed by atoms with Gasteiger partial charge in [-0.15, -0.1) is 0 Å². The van der Waals surface area contributed by atoms with E-state index < -0.39 is 0 Å².